The summed E-state index contributed by atoms with van der Waals surface area (Å²) in [4.78, 5) is 23.8. The molecule has 2 saturated carbocycles. The Bertz CT molecular complexity index is 420. The smallest absolute Gasteiger partial charge is 0.366 e. The molecule has 0 unspecified atom stereocenters. The van der Waals surface area contributed by atoms with E-state index in [1.54, 1.807) is 0 Å². The summed E-state index contributed by atoms with van der Waals surface area (Å²) in [6, 6.07) is 0. The molecule has 1 N–H and O–H groups in total. The van der Waals surface area contributed by atoms with Crippen molar-refractivity contribution in [1.29, 1.82) is 0 Å². The Labute approximate surface area is 112 Å². The van der Waals surface area contributed by atoms with E-state index in [1.165, 1.54) is 7.11 Å². The number of carbonyl (C=O) groups is 2. The highest BCUT2D eigenvalue weighted by Gasteiger charge is 2.66. The molecule has 1 saturated heterocycles. The zero-order valence-corrected chi connectivity index (χ0v) is 11.2. The van der Waals surface area contributed by atoms with Gasteiger partial charge in [-0.15, -0.1) is 0 Å². The van der Waals surface area contributed by atoms with Crippen LogP contribution in [0.3, 0.4) is 0 Å². The summed E-state index contributed by atoms with van der Waals surface area (Å²) in [7, 11) is 1.23. The summed E-state index contributed by atoms with van der Waals surface area (Å²) in [5, 5.41) is 10.6. The molecule has 4 atom stereocenters. The maximum Gasteiger partial charge on any atom is 0.366 e. The summed E-state index contributed by atoms with van der Waals surface area (Å²) in [5.74, 6) is -2.78. The molecule has 3 fully saturated rings. The molecule has 0 aromatic heterocycles. The van der Waals surface area contributed by atoms with Crippen LogP contribution in [0.2, 0.25) is 0 Å². The van der Waals surface area contributed by atoms with Gasteiger partial charge in [0.2, 0.25) is 0 Å². The van der Waals surface area contributed by atoms with Gasteiger partial charge in [-0.2, -0.15) is 0 Å². The monoisotopic (exact) mass is 268 g/mol. The van der Waals surface area contributed by atoms with Crippen LogP contribution in [0.4, 0.5) is 0 Å². The third kappa shape index (κ3) is 1.68. The fourth-order valence-corrected chi connectivity index (χ4v) is 4.40. The van der Waals surface area contributed by atoms with Gasteiger partial charge in [-0.3, -0.25) is 4.79 Å². The van der Waals surface area contributed by atoms with Crippen molar-refractivity contribution in [3.05, 3.63) is 0 Å². The molecule has 1 spiro atoms. The molecule has 5 nitrogen and oxygen atoms in total. The number of Topliss-reactive ketones (excluding diaryl/α,β-unsaturated/α-hetero) is 1. The maximum absolute atomic E-state index is 11.9. The fourth-order valence-electron chi connectivity index (χ4n) is 4.40. The van der Waals surface area contributed by atoms with Crippen LogP contribution in [0.15, 0.2) is 0 Å². The number of esters is 1. The molecular formula is C14H20O5. The minimum absolute atomic E-state index is 0.125. The molecule has 106 valence electrons. The van der Waals surface area contributed by atoms with Gasteiger partial charge in [0.15, 0.2) is 0 Å². The minimum Gasteiger partial charge on any atom is -0.465 e. The first-order chi connectivity index (χ1) is 9.03. The van der Waals surface area contributed by atoms with Gasteiger partial charge in [0.05, 0.1) is 13.7 Å². The Morgan fingerprint density at radius 3 is 2.95 bits per heavy atom. The SMILES string of the molecule is COC(=O)[C@@]1(O)OC[C@@]23CCCC[C@H]2CC(=O)C[C@H]31. The van der Waals surface area contributed by atoms with E-state index in [0.717, 1.165) is 25.7 Å². The predicted octanol–water partition coefficient (Wildman–Crippen LogP) is 1.03. The van der Waals surface area contributed by atoms with Crippen molar-refractivity contribution in [2.24, 2.45) is 17.3 Å². The van der Waals surface area contributed by atoms with Crippen LogP contribution in [0.1, 0.15) is 38.5 Å². The van der Waals surface area contributed by atoms with E-state index < -0.39 is 17.7 Å². The van der Waals surface area contributed by atoms with E-state index in [2.05, 4.69) is 4.74 Å². The number of aliphatic hydroxyl groups is 1. The number of rotatable bonds is 1. The van der Waals surface area contributed by atoms with Crippen molar-refractivity contribution in [1.82, 2.24) is 0 Å². The molecule has 3 aliphatic rings. The van der Waals surface area contributed by atoms with E-state index in [0.29, 0.717) is 13.0 Å². The number of ketones is 1. The second kappa shape index (κ2) is 4.28. The summed E-state index contributed by atoms with van der Waals surface area (Å²) in [5.41, 5.74) is -0.213. The quantitative estimate of drug-likeness (QED) is 0.719. The Hall–Kier alpha value is -0.940. The molecule has 5 heteroatoms. The van der Waals surface area contributed by atoms with Gasteiger partial charge in [0.25, 0.3) is 5.79 Å². The molecule has 3 rings (SSSR count). The Kier molecular flexibility index (Phi) is 2.94. The lowest BCUT2D eigenvalue weighted by Gasteiger charge is -2.48. The summed E-state index contributed by atoms with van der Waals surface area (Å²) < 4.78 is 10.2. The molecule has 0 amide bonds. The van der Waals surface area contributed by atoms with Crippen molar-refractivity contribution in [2.75, 3.05) is 13.7 Å². The van der Waals surface area contributed by atoms with Crippen LogP contribution in [-0.2, 0) is 19.1 Å². The third-order valence-corrected chi connectivity index (χ3v) is 5.37. The van der Waals surface area contributed by atoms with Crippen LogP contribution < -0.4 is 0 Å². The van der Waals surface area contributed by atoms with Crippen LogP contribution >= 0.6 is 0 Å². The van der Waals surface area contributed by atoms with Crippen LogP contribution in [0, 0.1) is 17.3 Å². The van der Waals surface area contributed by atoms with E-state index in [-0.39, 0.29) is 23.5 Å². The number of methoxy groups -OCH3 is 1. The first-order valence-corrected chi connectivity index (χ1v) is 6.99. The highest BCUT2D eigenvalue weighted by molar-refractivity contribution is 5.84. The molecule has 1 heterocycles. The fraction of sp³-hybridized carbons (Fsp3) is 0.857. The number of hydrogen-bond donors (Lipinski definition) is 1. The van der Waals surface area contributed by atoms with E-state index in [4.69, 9.17) is 4.74 Å². The van der Waals surface area contributed by atoms with Gasteiger partial charge in [0.1, 0.15) is 5.78 Å². The van der Waals surface area contributed by atoms with Crippen LogP contribution in [0.5, 0.6) is 0 Å². The summed E-state index contributed by atoms with van der Waals surface area (Å²) in [6.07, 6.45) is 4.89. The van der Waals surface area contributed by atoms with Crippen LogP contribution in [-0.4, -0.2) is 36.4 Å². The van der Waals surface area contributed by atoms with Gasteiger partial charge >= 0.3 is 5.97 Å². The normalized spacial score (nSPS) is 45.5. The average molecular weight is 268 g/mol. The Balaban J connectivity index is 1.99. The minimum atomic E-state index is -1.93. The predicted molar refractivity (Wildman–Crippen MR) is 65.0 cm³/mol. The second-order valence-electron chi connectivity index (χ2n) is 6.15. The number of carbonyl (C=O) groups excluding carboxylic acids is 2. The lowest BCUT2D eigenvalue weighted by atomic mass is 9.54. The van der Waals surface area contributed by atoms with E-state index in [9.17, 15) is 14.7 Å². The second-order valence-corrected chi connectivity index (χ2v) is 6.15. The molecular weight excluding hydrogens is 248 g/mol. The van der Waals surface area contributed by atoms with E-state index >= 15 is 0 Å². The van der Waals surface area contributed by atoms with E-state index in [1.807, 2.05) is 0 Å². The van der Waals surface area contributed by atoms with Gasteiger partial charge in [-0.05, 0) is 18.8 Å². The van der Waals surface area contributed by atoms with Crippen molar-refractivity contribution in [2.45, 2.75) is 44.3 Å². The zero-order chi connectivity index (χ0) is 13.7. The molecule has 0 aromatic carbocycles. The zero-order valence-electron chi connectivity index (χ0n) is 11.2. The third-order valence-electron chi connectivity index (χ3n) is 5.37. The number of ether oxygens (including phenoxy) is 2. The first kappa shape index (κ1) is 13.1. The number of hydrogen-bond acceptors (Lipinski definition) is 5. The molecule has 0 radical (unpaired) electrons. The Morgan fingerprint density at radius 2 is 2.21 bits per heavy atom. The standard InChI is InChI=1S/C14H20O5/c1-18-12(16)14(17)11-7-10(15)6-9-4-2-3-5-13(9,11)8-19-14/h9,11,17H,2-8H2,1H3/t9-,11+,13-,14-/m0/s1. The molecule has 1 aliphatic heterocycles. The highest BCUT2D eigenvalue weighted by Crippen LogP contribution is 2.60. The van der Waals surface area contributed by atoms with Gasteiger partial charge in [-0.25, -0.2) is 4.79 Å². The lowest BCUT2D eigenvalue weighted by Crippen LogP contribution is -2.54. The van der Waals surface area contributed by atoms with Gasteiger partial charge in [0, 0.05) is 24.2 Å². The topological polar surface area (TPSA) is 72.8 Å². The Morgan fingerprint density at radius 1 is 1.42 bits per heavy atom. The van der Waals surface area contributed by atoms with Gasteiger partial charge < -0.3 is 14.6 Å². The lowest BCUT2D eigenvalue weighted by molar-refractivity contribution is -0.224. The van der Waals surface area contributed by atoms with Gasteiger partial charge in [-0.1, -0.05) is 12.8 Å². The van der Waals surface area contributed by atoms with Crippen LogP contribution in [0.25, 0.3) is 0 Å². The maximum atomic E-state index is 11.9. The molecule has 0 aromatic rings. The van der Waals surface area contributed by atoms with Crippen molar-refractivity contribution >= 4 is 11.8 Å². The first-order valence-electron chi connectivity index (χ1n) is 6.99. The summed E-state index contributed by atoms with van der Waals surface area (Å²) in [6.45, 7) is 0.362. The largest absolute Gasteiger partial charge is 0.465 e. The molecule has 0 bridgehead atoms. The summed E-state index contributed by atoms with van der Waals surface area (Å²) >= 11 is 0. The average Bonchev–Trinajstić information content (AvgIpc) is 2.70. The molecule has 2 aliphatic carbocycles. The van der Waals surface area contributed by atoms with Crippen molar-refractivity contribution in [3.63, 3.8) is 0 Å². The van der Waals surface area contributed by atoms with Crippen molar-refractivity contribution in [3.8, 4) is 0 Å². The van der Waals surface area contributed by atoms with Crippen molar-refractivity contribution < 1.29 is 24.2 Å². The highest BCUT2D eigenvalue weighted by atomic mass is 16.7. The molecule has 19 heavy (non-hydrogen) atoms.